The molecule has 0 aliphatic rings. The molecule has 0 spiro atoms. The van der Waals surface area contributed by atoms with Gasteiger partial charge in [-0.15, -0.1) is 5.10 Å². The quantitative estimate of drug-likeness (QED) is 0.774. The molecule has 14 heavy (non-hydrogen) atoms. The molecule has 0 aliphatic carbocycles. The highest BCUT2D eigenvalue weighted by atomic mass is 32.2. The minimum atomic E-state index is 0.639. The maximum absolute atomic E-state index is 5.73. The van der Waals surface area contributed by atoms with Crippen LogP contribution in [0.2, 0.25) is 0 Å². The average Bonchev–Trinajstić information content (AvgIpc) is 2.56. The van der Waals surface area contributed by atoms with Gasteiger partial charge < -0.3 is 5.73 Å². The number of aromatic amines is 1. The van der Waals surface area contributed by atoms with E-state index in [1.165, 1.54) is 11.8 Å². The van der Waals surface area contributed by atoms with Crippen molar-refractivity contribution in [1.29, 1.82) is 0 Å². The first-order chi connectivity index (χ1) is 6.75. The van der Waals surface area contributed by atoms with Crippen LogP contribution in [-0.4, -0.2) is 20.2 Å². The molecule has 0 saturated carbocycles. The molecule has 0 bridgehead atoms. The van der Waals surface area contributed by atoms with Gasteiger partial charge in [-0.25, -0.2) is 4.98 Å². The van der Waals surface area contributed by atoms with Crippen LogP contribution in [0.15, 0.2) is 28.5 Å². The van der Waals surface area contributed by atoms with Gasteiger partial charge in [0.1, 0.15) is 5.82 Å². The van der Waals surface area contributed by atoms with Gasteiger partial charge >= 0.3 is 0 Å². The Labute approximate surface area is 85.2 Å². The Morgan fingerprint density at radius 1 is 1.50 bits per heavy atom. The van der Waals surface area contributed by atoms with Crippen molar-refractivity contribution in [2.45, 2.75) is 17.0 Å². The molecule has 0 aromatic carbocycles. The van der Waals surface area contributed by atoms with Crippen molar-refractivity contribution in [3.05, 3.63) is 24.3 Å². The smallest absolute Gasteiger partial charge is 0.213 e. The Morgan fingerprint density at radius 3 is 3.00 bits per heavy atom. The van der Waals surface area contributed by atoms with E-state index in [1.54, 1.807) is 12.4 Å². The summed E-state index contributed by atoms with van der Waals surface area (Å²) in [5, 5.41) is 7.44. The maximum Gasteiger partial charge on any atom is 0.213 e. The van der Waals surface area contributed by atoms with Crippen molar-refractivity contribution < 1.29 is 0 Å². The van der Waals surface area contributed by atoms with Crippen molar-refractivity contribution in [2.24, 2.45) is 0 Å². The lowest BCUT2D eigenvalue weighted by Gasteiger charge is -1.99. The van der Waals surface area contributed by atoms with Gasteiger partial charge in [0, 0.05) is 11.1 Å². The van der Waals surface area contributed by atoms with Gasteiger partial charge in [-0.2, -0.15) is 0 Å². The van der Waals surface area contributed by atoms with Crippen LogP contribution >= 0.6 is 11.8 Å². The number of aryl methyl sites for hydroxylation is 1. The Balaban J connectivity index is 2.23. The fourth-order valence-electron chi connectivity index (χ4n) is 0.953. The number of pyridine rings is 1. The van der Waals surface area contributed by atoms with Gasteiger partial charge in [-0.05, 0) is 24.8 Å². The summed E-state index contributed by atoms with van der Waals surface area (Å²) in [6, 6.07) is 1.84. The predicted octanol–water partition coefficient (Wildman–Crippen LogP) is 1.24. The number of H-pyrrole nitrogens is 1. The first-order valence-electron chi connectivity index (χ1n) is 4.02. The van der Waals surface area contributed by atoms with Crippen LogP contribution in [0.1, 0.15) is 5.82 Å². The molecule has 2 aromatic rings. The zero-order valence-electron chi connectivity index (χ0n) is 7.56. The van der Waals surface area contributed by atoms with Crippen molar-refractivity contribution >= 4 is 17.4 Å². The number of aromatic nitrogens is 4. The molecular weight excluding hydrogens is 198 g/mol. The molecule has 2 aromatic heterocycles. The highest BCUT2D eigenvalue weighted by Gasteiger charge is 2.05. The van der Waals surface area contributed by atoms with Crippen LogP contribution in [0, 0.1) is 6.92 Å². The molecule has 2 rings (SSSR count). The molecule has 0 fully saturated rings. The van der Waals surface area contributed by atoms with Gasteiger partial charge in [0.15, 0.2) is 0 Å². The lowest BCUT2D eigenvalue weighted by atomic mass is 10.4. The lowest BCUT2D eigenvalue weighted by molar-refractivity contribution is 0.969. The van der Waals surface area contributed by atoms with E-state index in [1.807, 2.05) is 13.0 Å². The molecule has 0 atom stereocenters. The lowest BCUT2D eigenvalue weighted by Crippen LogP contribution is -1.89. The number of nitrogen functional groups attached to an aromatic ring is 1. The Morgan fingerprint density at radius 2 is 2.36 bits per heavy atom. The van der Waals surface area contributed by atoms with Crippen LogP contribution in [0.4, 0.5) is 5.69 Å². The standard InChI is InChI=1S/C8H9N5S/c1-5-11-8(13-12-5)14-7-2-3-10-4-6(7)9/h2-4H,9H2,1H3,(H,11,12,13). The van der Waals surface area contributed by atoms with E-state index in [9.17, 15) is 0 Å². The second kappa shape index (κ2) is 3.67. The topological polar surface area (TPSA) is 80.5 Å². The third-order valence-electron chi connectivity index (χ3n) is 1.59. The summed E-state index contributed by atoms with van der Waals surface area (Å²) in [6.07, 6.45) is 3.31. The molecule has 0 unspecified atom stereocenters. The largest absolute Gasteiger partial charge is 0.397 e. The summed E-state index contributed by atoms with van der Waals surface area (Å²) in [4.78, 5) is 8.99. The van der Waals surface area contributed by atoms with Crippen LogP contribution in [0.3, 0.4) is 0 Å². The van der Waals surface area contributed by atoms with E-state index in [2.05, 4.69) is 20.2 Å². The summed E-state index contributed by atoms with van der Waals surface area (Å²) in [5.74, 6) is 0.792. The van der Waals surface area contributed by atoms with Gasteiger partial charge in [-0.1, -0.05) is 0 Å². The Kier molecular flexibility index (Phi) is 2.36. The van der Waals surface area contributed by atoms with E-state index in [-0.39, 0.29) is 0 Å². The molecule has 6 heteroatoms. The van der Waals surface area contributed by atoms with Gasteiger partial charge in [-0.3, -0.25) is 10.1 Å². The Bertz CT molecular complexity index is 439. The highest BCUT2D eigenvalue weighted by molar-refractivity contribution is 7.99. The fourth-order valence-corrected chi connectivity index (χ4v) is 1.72. The number of nitrogens with zero attached hydrogens (tertiary/aromatic N) is 3. The zero-order chi connectivity index (χ0) is 9.97. The van der Waals surface area contributed by atoms with Gasteiger partial charge in [0.2, 0.25) is 5.16 Å². The molecule has 0 radical (unpaired) electrons. The fraction of sp³-hybridized carbons (Fsp3) is 0.125. The zero-order valence-corrected chi connectivity index (χ0v) is 8.38. The number of nitrogens with two attached hydrogens (primary N) is 1. The van der Waals surface area contributed by atoms with Crippen molar-refractivity contribution in [3.8, 4) is 0 Å². The van der Waals surface area contributed by atoms with Crippen molar-refractivity contribution in [2.75, 3.05) is 5.73 Å². The third-order valence-corrected chi connectivity index (χ3v) is 2.54. The van der Waals surface area contributed by atoms with Crippen molar-refractivity contribution in [1.82, 2.24) is 20.2 Å². The highest BCUT2D eigenvalue weighted by Crippen LogP contribution is 2.28. The van der Waals surface area contributed by atoms with E-state index in [0.717, 1.165) is 10.7 Å². The van der Waals surface area contributed by atoms with E-state index >= 15 is 0 Å². The maximum atomic E-state index is 5.73. The Hall–Kier alpha value is -1.56. The minimum absolute atomic E-state index is 0.639. The first kappa shape index (κ1) is 9.01. The second-order valence-corrected chi connectivity index (χ2v) is 3.73. The monoisotopic (exact) mass is 207 g/mol. The minimum Gasteiger partial charge on any atom is -0.397 e. The number of anilines is 1. The molecule has 0 aliphatic heterocycles. The van der Waals surface area contributed by atoms with E-state index < -0.39 is 0 Å². The molecule has 2 heterocycles. The van der Waals surface area contributed by atoms with Crippen molar-refractivity contribution in [3.63, 3.8) is 0 Å². The van der Waals surface area contributed by atoms with Crippen LogP contribution in [-0.2, 0) is 0 Å². The molecule has 72 valence electrons. The predicted molar refractivity (Wildman–Crippen MR) is 53.9 cm³/mol. The van der Waals surface area contributed by atoms with Crippen LogP contribution < -0.4 is 5.73 Å². The van der Waals surface area contributed by atoms with E-state index in [0.29, 0.717) is 10.8 Å². The number of hydrogen-bond acceptors (Lipinski definition) is 5. The summed E-state index contributed by atoms with van der Waals surface area (Å²) < 4.78 is 0. The second-order valence-electron chi connectivity index (χ2n) is 2.72. The van der Waals surface area contributed by atoms with Crippen LogP contribution in [0.25, 0.3) is 0 Å². The number of hydrogen-bond donors (Lipinski definition) is 2. The summed E-state index contributed by atoms with van der Waals surface area (Å²) >= 11 is 1.42. The average molecular weight is 207 g/mol. The number of nitrogens with one attached hydrogen (secondary N) is 1. The first-order valence-corrected chi connectivity index (χ1v) is 4.83. The summed E-state index contributed by atoms with van der Waals surface area (Å²) in [7, 11) is 0. The summed E-state index contributed by atoms with van der Waals surface area (Å²) in [6.45, 7) is 1.85. The number of rotatable bonds is 2. The summed E-state index contributed by atoms with van der Waals surface area (Å²) in [5.41, 5.74) is 6.36. The molecule has 3 N–H and O–H groups in total. The molecule has 0 saturated heterocycles. The van der Waals surface area contributed by atoms with Crippen LogP contribution in [0.5, 0.6) is 0 Å². The van der Waals surface area contributed by atoms with Gasteiger partial charge in [0.05, 0.1) is 11.9 Å². The molecule has 5 nitrogen and oxygen atoms in total. The normalized spacial score (nSPS) is 10.4. The van der Waals surface area contributed by atoms with Gasteiger partial charge in [0.25, 0.3) is 0 Å². The molecular formula is C8H9N5S. The molecule has 0 amide bonds. The SMILES string of the molecule is Cc1nc(Sc2ccncc2N)n[nH]1. The third kappa shape index (κ3) is 1.85. The van der Waals surface area contributed by atoms with E-state index in [4.69, 9.17) is 5.73 Å².